The molecular weight excluding hydrogens is 194 g/mol. The Balaban J connectivity index is 2.24. The molecule has 1 fully saturated rings. The number of hydrogen-bond acceptors (Lipinski definition) is 3. The van der Waals surface area contributed by atoms with E-state index in [0.717, 1.165) is 11.5 Å². The fraction of sp³-hybridized carbons (Fsp3) is 0.700. The predicted octanol–water partition coefficient (Wildman–Crippen LogP) is 2.23. The standard InChI is InChI=1S/C10H17N3S/c1-7-6-10(11)13(12-7)9-4-3-5-14-8(9)2/h6,8-9H,3-5,11H2,1-2H3. The first kappa shape index (κ1) is 9.90. The molecule has 2 unspecified atom stereocenters. The zero-order valence-electron chi connectivity index (χ0n) is 8.73. The second-order valence-corrected chi connectivity index (χ2v) is 5.43. The fourth-order valence-electron chi connectivity index (χ4n) is 2.03. The van der Waals surface area contributed by atoms with Crippen molar-refractivity contribution in [2.24, 2.45) is 0 Å². The Morgan fingerprint density at radius 2 is 2.43 bits per heavy atom. The van der Waals surface area contributed by atoms with Crippen LogP contribution in [-0.2, 0) is 0 Å². The molecule has 14 heavy (non-hydrogen) atoms. The molecule has 0 amide bonds. The Morgan fingerprint density at radius 3 is 3.00 bits per heavy atom. The number of anilines is 1. The topological polar surface area (TPSA) is 43.8 Å². The van der Waals surface area contributed by atoms with E-state index < -0.39 is 0 Å². The van der Waals surface area contributed by atoms with E-state index in [1.165, 1.54) is 18.6 Å². The fourth-order valence-corrected chi connectivity index (χ4v) is 3.21. The minimum atomic E-state index is 0.488. The van der Waals surface area contributed by atoms with Gasteiger partial charge in [0.25, 0.3) is 0 Å². The quantitative estimate of drug-likeness (QED) is 0.774. The summed E-state index contributed by atoms with van der Waals surface area (Å²) in [5, 5.41) is 5.09. The lowest BCUT2D eigenvalue weighted by Gasteiger charge is -2.29. The normalized spacial score (nSPS) is 27.9. The average molecular weight is 211 g/mol. The van der Waals surface area contributed by atoms with Crippen LogP contribution in [-0.4, -0.2) is 20.8 Å². The van der Waals surface area contributed by atoms with Gasteiger partial charge in [-0.05, 0) is 25.5 Å². The summed E-state index contributed by atoms with van der Waals surface area (Å²) in [5.41, 5.74) is 6.94. The first-order valence-electron chi connectivity index (χ1n) is 5.11. The molecule has 1 aromatic heterocycles. The van der Waals surface area contributed by atoms with Crippen LogP contribution in [0.25, 0.3) is 0 Å². The second kappa shape index (κ2) is 3.85. The van der Waals surface area contributed by atoms with Gasteiger partial charge >= 0.3 is 0 Å². The number of thioether (sulfide) groups is 1. The summed E-state index contributed by atoms with van der Waals surface area (Å²) in [6.45, 7) is 4.26. The van der Waals surface area contributed by atoms with Gasteiger partial charge in [-0.2, -0.15) is 16.9 Å². The van der Waals surface area contributed by atoms with Gasteiger partial charge in [0.1, 0.15) is 5.82 Å². The van der Waals surface area contributed by atoms with Gasteiger partial charge in [0.15, 0.2) is 0 Å². The molecule has 2 atom stereocenters. The molecule has 0 aromatic carbocycles. The third-order valence-corrected chi connectivity index (χ3v) is 4.13. The lowest BCUT2D eigenvalue weighted by molar-refractivity contribution is 0.413. The van der Waals surface area contributed by atoms with Crippen LogP contribution in [0.5, 0.6) is 0 Å². The Hall–Kier alpha value is -0.640. The van der Waals surface area contributed by atoms with Crippen LogP contribution >= 0.6 is 11.8 Å². The summed E-state index contributed by atoms with van der Waals surface area (Å²) < 4.78 is 2.01. The van der Waals surface area contributed by atoms with Crippen molar-refractivity contribution in [1.82, 2.24) is 9.78 Å². The van der Waals surface area contributed by atoms with Crippen LogP contribution in [0.1, 0.15) is 31.5 Å². The molecule has 2 rings (SSSR count). The third-order valence-electron chi connectivity index (χ3n) is 2.77. The van der Waals surface area contributed by atoms with Crippen molar-refractivity contribution >= 4 is 17.6 Å². The molecule has 1 saturated heterocycles. The van der Waals surface area contributed by atoms with Crippen molar-refractivity contribution in [1.29, 1.82) is 0 Å². The molecule has 2 N–H and O–H groups in total. The van der Waals surface area contributed by atoms with Crippen LogP contribution in [0.15, 0.2) is 6.07 Å². The third kappa shape index (κ3) is 1.75. The van der Waals surface area contributed by atoms with Crippen LogP contribution < -0.4 is 5.73 Å². The molecule has 1 aliphatic heterocycles. The summed E-state index contributed by atoms with van der Waals surface area (Å²) in [6, 6.07) is 2.44. The van der Waals surface area contributed by atoms with Crippen LogP contribution in [0, 0.1) is 6.92 Å². The Kier molecular flexibility index (Phi) is 2.72. The van der Waals surface area contributed by atoms with Gasteiger partial charge in [-0.1, -0.05) is 6.92 Å². The highest BCUT2D eigenvalue weighted by Gasteiger charge is 2.25. The van der Waals surface area contributed by atoms with Crippen LogP contribution in [0.3, 0.4) is 0 Å². The minimum Gasteiger partial charge on any atom is -0.384 e. The highest BCUT2D eigenvalue weighted by Crippen LogP contribution is 2.34. The zero-order valence-corrected chi connectivity index (χ0v) is 9.55. The number of aryl methyl sites for hydroxylation is 1. The smallest absolute Gasteiger partial charge is 0.122 e. The molecule has 0 spiro atoms. The van der Waals surface area contributed by atoms with E-state index in [-0.39, 0.29) is 0 Å². The molecule has 2 heterocycles. The molecular formula is C10H17N3S. The van der Waals surface area contributed by atoms with Crippen molar-refractivity contribution in [2.45, 2.75) is 38.0 Å². The summed E-state index contributed by atoms with van der Waals surface area (Å²) >= 11 is 2.02. The van der Waals surface area contributed by atoms with E-state index in [9.17, 15) is 0 Å². The lowest BCUT2D eigenvalue weighted by atomic mass is 10.1. The van der Waals surface area contributed by atoms with Crippen LogP contribution in [0.2, 0.25) is 0 Å². The van der Waals surface area contributed by atoms with E-state index in [2.05, 4.69) is 12.0 Å². The van der Waals surface area contributed by atoms with Gasteiger partial charge in [-0.25, -0.2) is 4.68 Å². The molecule has 1 aliphatic rings. The molecule has 78 valence electrons. The van der Waals surface area contributed by atoms with E-state index in [1.807, 2.05) is 29.4 Å². The summed E-state index contributed by atoms with van der Waals surface area (Å²) in [4.78, 5) is 0. The monoisotopic (exact) mass is 211 g/mol. The second-order valence-electron chi connectivity index (χ2n) is 3.94. The SMILES string of the molecule is Cc1cc(N)n(C2CCCSC2C)n1. The summed E-state index contributed by atoms with van der Waals surface area (Å²) in [5.74, 6) is 2.08. The first-order chi connectivity index (χ1) is 6.68. The number of nitrogen functional groups attached to an aromatic ring is 1. The highest BCUT2D eigenvalue weighted by molar-refractivity contribution is 7.99. The van der Waals surface area contributed by atoms with Gasteiger partial charge in [0.05, 0.1) is 11.7 Å². The van der Waals surface area contributed by atoms with Gasteiger partial charge in [-0.15, -0.1) is 0 Å². The van der Waals surface area contributed by atoms with Crippen molar-refractivity contribution < 1.29 is 0 Å². The number of nitrogens with zero attached hydrogens (tertiary/aromatic N) is 2. The Labute approximate surface area is 89.1 Å². The van der Waals surface area contributed by atoms with E-state index in [1.54, 1.807) is 0 Å². The lowest BCUT2D eigenvalue weighted by Crippen LogP contribution is -2.25. The zero-order chi connectivity index (χ0) is 10.1. The van der Waals surface area contributed by atoms with E-state index in [0.29, 0.717) is 11.3 Å². The van der Waals surface area contributed by atoms with E-state index in [4.69, 9.17) is 5.73 Å². The Morgan fingerprint density at radius 1 is 1.64 bits per heavy atom. The highest BCUT2D eigenvalue weighted by atomic mass is 32.2. The number of nitrogens with two attached hydrogens (primary N) is 1. The van der Waals surface area contributed by atoms with Gasteiger partial charge in [0, 0.05) is 11.3 Å². The largest absolute Gasteiger partial charge is 0.384 e. The molecule has 0 saturated carbocycles. The minimum absolute atomic E-state index is 0.488. The van der Waals surface area contributed by atoms with Crippen molar-refractivity contribution in [3.05, 3.63) is 11.8 Å². The van der Waals surface area contributed by atoms with Crippen LogP contribution in [0.4, 0.5) is 5.82 Å². The molecule has 0 radical (unpaired) electrons. The first-order valence-corrected chi connectivity index (χ1v) is 6.16. The van der Waals surface area contributed by atoms with Gasteiger partial charge in [-0.3, -0.25) is 0 Å². The molecule has 4 heteroatoms. The number of hydrogen-bond donors (Lipinski definition) is 1. The molecule has 1 aromatic rings. The maximum absolute atomic E-state index is 5.93. The average Bonchev–Trinajstić information content (AvgIpc) is 2.46. The van der Waals surface area contributed by atoms with Gasteiger partial charge in [0.2, 0.25) is 0 Å². The van der Waals surface area contributed by atoms with Crippen molar-refractivity contribution in [3.8, 4) is 0 Å². The van der Waals surface area contributed by atoms with Crippen molar-refractivity contribution in [2.75, 3.05) is 11.5 Å². The summed E-state index contributed by atoms with van der Waals surface area (Å²) in [7, 11) is 0. The maximum atomic E-state index is 5.93. The number of aromatic nitrogens is 2. The number of rotatable bonds is 1. The predicted molar refractivity (Wildman–Crippen MR) is 61.6 cm³/mol. The van der Waals surface area contributed by atoms with E-state index >= 15 is 0 Å². The Bertz CT molecular complexity index is 321. The molecule has 0 aliphatic carbocycles. The summed E-state index contributed by atoms with van der Waals surface area (Å²) in [6.07, 6.45) is 2.48. The van der Waals surface area contributed by atoms with Gasteiger partial charge < -0.3 is 5.73 Å². The molecule has 0 bridgehead atoms. The molecule has 3 nitrogen and oxygen atoms in total. The van der Waals surface area contributed by atoms with Crippen molar-refractivity contribution in [3.63, 3.8) is 0 Å². The maximum Gasteiger partial charge on any atom is 0.122 e.